The van der Waals surface area contributed by atoms with Gasteiger partial charge in [-0.3, -0.25) is 0 Å². The summed E-state index contributed by atoms with van der Waals surface area (Å²) in [6.07, 6.45) is 0.599. The normalized spacial score (nSPS) is 10.8. The molecule has 0 radical (unpaired) electrons. The van der Waals surface area contributed by atoms with Crippen molar-refractivity contribution >= 4 is 0 Å². The zero-order chi connectivity index (χ0) is 46.2. The van der Waals surface area contributed by atoms with E-state index in [1.54, 1.807) is 0 Å². The van der Waals surface area contributed by atoms with E-state index in [0.717, 1.165) is 101 Å². The number of hydrogen-bond donors (Lipinski definition) is 12. The van der Waals surface area contributed by atoms with Crippen molar-refractivity contribution in [2.45, 2.75) is 89.6 Å². The van der Waals surface area contributed by atoms with Crippen LogP contribution in [0.2, 0.25) is 0 Å². The van der Waals surface area contributed by atoms with Gasteiger partial charge in [0, 0.05) is 156 Å². The van der Waals surface area contributed by atoms with Crippen molar-refractivity contribution < 1.29 is 148 Å². The average molecular weight is 1070 g/mol. The van der Waals surface area contributed by atoms with Crippen molar-refractivity contribution in [2.24, 2.45) is 0 Å². The second-order valence-corrected chi connectivity index (χ2v) is 11.3. The van der Waals surface area contributed by atoms with Crippen molar-refractivity contribution in [3.63, 3.8) is 0 Å². The molecule has 0 fully saturated rings. The summed E-state index contributed by atoms with van der Waals surface area (Å²) < 4.78 is 0. The molecule has 4 aromatic carbocycles. The number of benzene rings is 4. The van der Waals surface area contributed by atoms with Gasteiger partial charge in [-0.15, -0.1) is 0 Å². The summed E-state index contributed by atoms with van der Waals surface area (Å²) in [6, 6.07) is 33.1. The van der Waals surface area contributed by atoms with Gasteiger partial charge in [-0.25, -0.2) is 0 Å². The molecule has 0 aromatic heterocycles. The van der Waals surface area contributed by atoms with Gasteiger partial charge < -0.3 is 91.0 Å². The SMILES string of the molecule is CCC(O)c1ccc(C(c2ccc(C(O)CC)cc2)C(c2ccc(C(O)CC)cc2)c2ccc(C(O)CC)cc2)cc1.CO.CO.CO.CO.CO.CO.CO.CO.[CH3-].[CH3-].[CH3-].[CH3-].[Ti].[Ti].[Ti].[Ti]. The molecule has 0 spiro atoms. The minimum Gasteiger partial charge on any atom is -0.400 e. The van der Waals surface area contributed by atoms with Crippen LogP contribution in [0.3, 0.4) is 0 Å². The Morgan fingerprint density at radius 3 is 0.424 bits per heavy atom. The number of rotatable bonds is 13. The molecule has 66 heavy (non-hydrogen) atoms. The first-order chi connectivity index (χ1) is 28.3. The van der Waals surface area contributed by atoms with Gasteiger partial charge in [0.15, 0.2) is 0 Å². The molecule has 0 saturated carbocycles. The zero-order valence-electron chi connectivity index (χ0n) is 42.9. The summed E-state index contributed by atoms with van der Waals surface area (Å²) in [4.78, 5) is 0. The van der Waals surface area contributed by atoms with E-state index in [4.69, 9.17) is 40.9 Å². The second kappa shape index (κ2) is 68.5. The van der Waals surface area contributed by atoms with Gasteiger partial charge >= 0.3 is 0 Å². The fourth-order valence-corrected chi connectivity index (χ4v) is 5.80. The van der Waals surface area contributed by atoms with E-state index in [1.807, 2.05) is 76.2 Å². The molecule has 0 bridgehead atoms. The third kappa shape index (κ3) is 35.4. The third-order valence-corrected chi connectivity index (χ3v) is 8.60. The topological polar surface area (TPSA) is 243 Å². The van der Waals surface area contributed by atoms with Crippen LogP contribution in [0.4, 0.5) is 0 Å². The Balaban J connectivity index is -0.0000000964. The maximum Gasteiger partial charge on any atom is 0.0787 e. The minimum atomic E-state index is -0.502. The van der Waals surface area contributed by atoms with Gasteiger partial charge in [0.1, 0.15) is 0 Å². The molecule has 0 amide bonds. The van der Waals surface area contributed by atoms with Crippen molar-refractivity contribution in [2.75, 3.05) is 56.9 Å². The quantitative estimate of drug-likeness (QED) is 0.0475. The molecule has 0 heterocycles. The Labute approximate surface area is 462 Å². The summed E-state index contributed by atoms with van der Waals surface area (Å²) >= 11 is 0. The average Bonchev–Trinajstić information content (AvgIpc) is 3.35. The van der Waals surface area contributed by atoms with Crippen LogP contribution in [0.25, 0.3) is 0 Å². The molecule has 4 rings (SSSR count). The van der Waals surface area contributed by atoms with Gasteiger partial charge in [0.2, 0.25) is 0 Å². The first-order valence-electron chi connectivity index (χ1n) is 19.0. The van der Waals surface area contributed by atoms with Crippen LogP contribution >= 0.6 is 0 Å². The Morgan fingerprint density at radius 1 is 0.242 bits per heavy atom. The van der Waals surface area contributed by atoms with Crippen LogP contribution in [0.1, 0.15) is 134 Å². The first kappa shape index (κ1) is 98.7. The van der Waals surface area contributed by atoms with Crippen LogP contribution in [0.15, 0.2) is 97.1 Å². The molecular weight excluding hydrogens is 984 g/mol. The van der Waals surface area contributed by atoms with Crippen LogP contribution < -0.4 is 0 Å². The monoisotopic (exact) mass is 1070 g/mol. The largest absolute Gasteiger partial charge is 0.400 e. The van der Waals surface area contributed by atoms with E-state index in [-0.39, 0.29) is 128 Å². The molecule has 0 saturated heterocycles. The number of aliphatic hydroxyl groups excluding tert-OH is 12. The zero-order valence-corrected chi connectivity index (χ0v) is 49.1. The van der Waals surface area contributed by atoms with Gasteiger partial charge in [0.05, 0.1) is 24.4 Å². The Hall–Kier alpha value is -0.743. The fourth-order valence-electron chi connectivity index (χ4n) is 5.80. The molecule has 12 N–H and O–H groups in total. The van der Waals surface area contributed by atoms with Gasteiger partial charge in [-0.2, -0.15) is 0 Å². The molecule has 0 aliphatic rings. The van der Waals surface area contributed by atoms with Crippen LogP contribution in [0.5, 0.6) is 0 Å². The molecule has 4 unspecified atom stereocenters. The standard InChI is InChI=1S/C38H46O4.8CH4O.4CH3.4Ti/c1-5-33(39)25-9-17-29(18-10-25)37(30-19-11-26(12-20-30)34(40)6-2)38(31-21-13-27(14-22-31)35(41)7-3)32-23-15-28(16-24-32)36(42)8-4;8*1-2;;;;;;;;/h9-24,33-42H,5-8H2,1-4H3;8*2H,1H3;4*1H3;;;;/q;;;;;;;;;4*-1;;;;. The molecule has 382 valence electrons. The van der Waals surface area contributed by atoms with Crippen molar-refractivity contribution in [1.82, 2.24) is 0 Å². The Bertz CT molecular complexity index is 1190. The van der Waals surface area contributed by atoms with Crippen molar-refractivity contribution in [1.29, 1.82) is 0 Å². The molecule has 0 aliphatic heterocycles. The molecular formula is C50H90O12Ti4-4. The van der Waals surface area contributed by atoms with Crippen LogP contribution in [-0.2, 0) is 86.9 Å². The molecule has 4 atom stereocenters. The Morgan fingerprint density at radius 2 is 0.333 bits per heavy atom. The summed E-state index contributed by atoms with van der Waals surface area (Å²) in [6.45, 7) is 7.90. The van der Waals surface area contributed by atoms with E-state index in [0.29, 0.717) is 25.7 Å². The van der Waals surface area contributed by atoms with Crippen LogP contribution in [0, 0.1) is 29.7 Å². The molecule has 4 aromatic rings. The van der Waals surface area contributed by atoms with E-state index >= 15 is 0 Å². The summed E-state index contributed by atoms with van der Waals surface area (Å²) in [5, 5.41) is 97.9. The maximum absolute atomic E-state index is 10.5. The molecule has 0 aliphatic carbocycles. The van der Waals surface area contributed by atoms with E-state index in [2.05, 4.69) is 48.5 Å². The van der Waals surface area contributed by atoms with E-state index in [9.17, 15) is 20.4 Å². The van der Waals surface area contributed by atoms with Crippen molar-refractivity contribution in [3.05, 3.63) is 171 Å². The predicted molar refractivity (Wildman–Crippen MR) is 261 cm³/mol. The van der Waals surface area contributed by atoms with E-state index < -0.39 is 24.4 Å². The summed E-state index contributed by atoms with van der Waals surface area (Å²) in [5.41, 5.74) is 8.06. The fraction of sp³-hybridized carbons (Fsp3) is 0.440. The van der Waals surface area contributed by atoms with Crippen LogP contribution in [-0.4, -0.2) is 118 Å². The predicted octanol–water partition coefficient (Wildman–Crippen LogP) is 7.08. The van der Waals surface area contributed by atoms with Gasteiger partial charge in [0.25, 0.3) is 0 Å². The smallest absolute Gasteiger partial charge is 0.0787 e. The first-order valence-corrected chi connectivity index (χ1v) is 19.0. The third-order valence-electron chi connectivity index (χ3n) is 8.60. The number of hydrogen-bond acceptors (Lipinski definition) is 12. The summed E-state index contributed by atoms with van der Waals surface area (Å²) in [7, 11) is 8.00. The van der Waals surface area contributed by atoms with E-state index in [1.165, 1.54) is 0 Å². The maximum atomic E-state index is 10.5. The van der Waals surface area contributed by atoms with Gasteiger partial charge in [-0.1, -0.05) is 125 Å². The minimum absolute atomic E-state index is 0. The van der Waals surface area contributed by atoms with Gasteiger partial charge in [-0.05, 0) is 70.2 Å². The number of aliphatic hydroxyl groups is 12. The molecule has 12 nitrogen and oxygen atoms in total. The molecule has 16 heteroatoms. The second-order valence-electron chi connectivity index (χ2n) is 11.3. The van der Waals surface area contributed by atoms with Crippen molar-refractivity contribution in [3.8, 4) is 0 Å². The summed E-state index contributed by atoms with van der Waals surface area (Å²) in [5.74, 6) is -0.149. The Kier molecular flexibility index (Phi) is 102.